The van der Waals surface area contributed by atoms with Crippen molar-refractivity contribution < 1.29 is 18.0 Å². The van der Waals surface area contributed by atoms with Crippen molar-refractivity contribution in [2.24, 2.45) is 0 Å². The molecule has 0 heterocycles. The van der Waals surface area contributed by atoms with Gasteiger partial charge < -0.3 is 10.6 Å². The summed E-state index contributed by atoms with van der Waals surface area (Å²) in [4.78, 5) is 24.9. The zero-order chi connectivity index (χ0) is 25.0. The van der Waals surface area contributed by atoms with Crippen molar-refractivity contribution in [1.82, 2.24) is 5.32 Å². The highest BCUT2D eigenvalue weighted by atomic mass is 32.2. The molecule has 8 heteroatoms. The SMILES string of the molecule is Cc1cc(C)c(NC(=O)CNC(=O)c2ccc(NS(=O)(=O)c3ccc(C)c(C)c3)cc2)c(C)c1. The quantitative estimate of drug-likeness (QED) is 0.467. The normalized spacial score (nSPS) is 11.1. The minimum Gasteiger partial charge on any atom is -0.343 e. The summed E-state index contributed by atoms with van der Waals surface area (Å²) in [7, 11) is -3.75. The van der Waals surface area contributed by atoms with Crippen LogP contribution in [0.1, 0.15) is 38.2 Å². The molecule has 0 aliphatic heterocycles. The van der Waals surface area contributed by atoms with E-state index in [-0.39, 0.29) is 17.3 Å². The van der Waals surface area contributed by atoms with Gasteiger partial charge in [-0.1, -0.05) is 23.8 Å². The summed E-state index contributed by atoms with van der Waals surface area (Å²) in [6.45, 7) is 9.41. The Labute approximate surface area is 200 Å². The maximum Gasteiger partial charge on any atom is 0.261 e. The molecule has 2 amide bonds. The van der Waals surface area contributed by atoms with Gasteiger partial charge in [0.2, 0.25) is 5.91 Å². The molecular weight excluding hydrogens is 450 g/mol. The summed E-state index contributed by atoms with van der Waals surface area (Å²) in [5.41, 5.74) is 6.29. The van der Waals surface area contributed by atoms with Crippen LogP contribution < -0.4 is 15.4 Å². The number of hydrogen-bond donors (Lipinski definition) is 3. The molecule has 0 bridgehead atoms. The van der Waals surface area contributed by atoms with Crippen LogP contribution in [0.5, 0.6) is 0 Å². The van der Waals surface area contributed by atoms with E-state index < -0.39 is 15.9 Å². The molecule has 178 valence electrons. The van der Waals surface area contributed by atoms with Gasteiger partial charge in [0.1, 0.15) is 0 Å². The van der Waals surface area contributed by atoms with Crippen LogP contribution in [0.15, 0.2) is 59.5 Å². The third-order valence-corrected chi connectivity index (χ3v) is 6.92. The monoisotopic (exact) mass is 479 g/mol. The maximum absolute atomic E-state index is 12.6. The number of hydrogen-bond acceptors (Lipinski definition) is 4. The molecule has 0 atom stereocenters. The standard InChI is InChI=1S/C26H29N3O4S/c1-16-12-19(4)25(20(5)13-16)28-24(30)15-27-26(31)21-7-9-22(10-8-21)29-34(32,33)23-11-6-17(2)18(3)14-23/h6-14,29H,15H2,1-5H3,(H,27,31)(H,28,30). The lowest BCUT2D eigenvalue weighted by Crippen LogP contribution is -2.33. The van der Waals surface area contributed by atoms with Gasteiger partial charge in [-0.15, -0.1) is 0 Å². The van der Waals surface area contributed by atoms with Crippen molar-refractivity contribution in [2.45, 2.75) is 39.5 Å². The van der Waals surface area contributed by atoms with Crippen LogP contribution >= 0.6 is 0 Å². The fourth-order valence-corrected chi connectivity index (χ4v) is 4.75. The largest absolute Gasteiger partial charge is 0.343 e. The molecule has 0 aromatic heterocycles. The maximum atomic E-state index is 12.6. The van der Waals surface area contributed by atoms with Crippen molar-refractivity contribution in [3.63, 3.8) is 0 Å². The first-order valence-electron chi connectivity index (χ1n) is 10.8. The summed E-state index contributed by atoms with van der Waals surface area (Å²) < 4.78 is 27.8. The summed E-state index contributed by atoms with van der Waals surface area (Å²) in [6.07, 6.45) is 0. The van der Waals surface area contributed by atoms with Crippen molar-refractivity contribution in [2.75, 3.05) is 16.6 Å². The third kappa shape index (κ3) is 6.02. The van der Waals surface area contributed by atoms with E-state index in [2.05, 4.69) is 15.4 Å². The highest BCUT2D eigenvalue weighted by Crippen LogP contribution is 2.22. The van der Waals surface area contributed by atoms with Crippen LogP contribution in [0.3, 0.4) is 0 Å². The molecule has 7 nitrogen and oxygen atoms in total. The fourth-order valence-electron chi connectivity index (χ4n) is 3.61. The minimum absolute atomic E-state index is 0.169. The summed E-state index contributed by atoms with van der Waals surface area (Å²) in [5.74, 6) is -0.766. The number of carbonyl (C=O) groups excluding carboxylic acids is 2. The van der Waals surface area contributed by atoms with Gasteiger partial charge in [-0.3, -0.25) is 14.3 Å². The van der Waals surface area contributed by atoms with Crippen LogP contribution in [0.2, 0.25) is 0 Å². The molecule has 34 heavy (non-hydrogen) atoms. The van der Waals surface area contributed by atoms with E-state index in [4.69, 9.17) is 0 Å². The molecule has 3 rings (SSSR count). The van der Waals surface area contributed by atoms with E-state index in [1.807, 2.05) is 46.8 Å². The highest BCUT2D eigenvalue weighted by molar-refractivity contribution is 7.92. The first kappa shape index (κ1) is 25.0. The Morgan fingerprint density at radius 3 is 1.97 bits per heavy atom. The molecule has 0 aliphatic rings. The van der Waals surface area contributed by atoms with Crippen LogP contribution in [0.4, 0.5) is 11.4 Å². The average molecular weight is 480 g/mol. The third-order valence-electron chi connectivity index (χ3n) is 5.54. The van der Waals surface area contributed by atoms with Crippen LogP contribution in [0, 0.1) is 34.6 Å². The molecule has 0 radical (unpaired) electrons. The molecule has 0 fully saturated rings. The number of benzene rings is 3. The second-order valence-electron chi connectivity index (χ2n) is 8.43. The molecule has 3 N–H and O–H groups in total. The minimum atomic E-state index is -3.75. The molecule has 0 aliphatic carbocycles. The van der Waals surface area contributed by atoms with Gasteiger partial charge in [-0.25, -0.2) is 8.42 Å². The summed E-state index contributed by atoms with van der Waals surface area (Å²) in [5, 5.41) is 5.42. The van der Waals surface area contributed by atoms with Gasteiger partial charge in [0.25, 0.3) is 15.9 Å². The van der Waals surface area contributed by atoms with E-state index in [1.165, 1.54) is 24.3 Å². The number of amides is 2. The lowest BCUT2D eigenvalue weighted by Gasteiger charge is -2.13. The van der Waals surface area contributed by atoms with E-state index in [0.29, 0.717) is 11.3 Å². The first-order chi connectivity index (χ1) is 16.0. The Bertz CT molecular complexity index is 1320. The van der Waals surface area contributed by atoms with E-state index >= 15 is 0 Å². The molecule has 3 aromatic rings. The topological polar surface area (TPSA) is 104 Å². The zero-order valence-corrected chi connectivity index (χ0v) is 20.8. The lowest BCUT2D eigenvalue weighted by molar-refractivity contribution is -0.115. The average Bonchev–Trinajstić information content (AvgIpc) is 2.76. The van der Waals surface area contributed by atoms with Gasteiger partial charge in [0, 0.05) is 16.9 Å². The van der Waals surface area contributed by atoms with E-state index in [0.717, 1.165) is 33.5 Å². The predicted octanol–water partition coefficient (Wildman–Crippen LogP) is 4.40. The van der Waals surface area contributed by atoms with Crippen LogP contribution in [0.25, 0.3) is 0 Å². The number of aryl methyl sites for hydroxylation is 5. The predicted molar refractivity (Wildman–Crippen MR) is 135 cm³/mol. The van der Waals surface area contributed by atoms with E-state index in [9.17, 15) is 18.0 Å². The van der Waals surface area contributed by atoms with E-state index in [1.54, 1.807) is 18.2 Å². The number of sulfonamides is 1. The van der Waals surface area contributed by atoms with Crippen molar-refractivity contribution in [3.05, 3.63) is 88.0 Å². The van der Waals surface area contributed by atoms with Crippen LogP contribution in [-0.4, -0.2) is 26.8 Å². The molecule has 3 aromatic carbocycles. The van der Waals surface area contributed by atoms with Crippen molar-refractivity contribution in [1.29, 1.82) is 0 Å². The zero-order valence-electron chi connectivity index (χ0n) is 19.9. The van der Waals surface area contributed by atoms with Crippen molar-refractivity contribution in [3.8, 4) is 0 Å². The number of carbonyl (C=O) groups is 2. The second kappa shape index (κ2) is 10.1. The summed E-state index contributed by atoms with van der Waals surface area (Å²) in [6, 6.07) is 14.9. The Morgan fingerprint density at radius 2 is 1.38 bits per heavy atom. The Balaban J connectivity index is 1.59. The Hall–Kier alpha value is -3.65. The second-order valence-corrected chi connectivity index (χ2v) is 10.1. The number of rotatable bonds is 7. The number of nitrogens with one attached hydrogen (secondary N) is 3. The smallest absolute Gasteiger partial charge is 0.261 e. The van der Waals surface area contributed by atoms with Gasteiger partial charge in [-0.2, -0.15) is 0 Å². The molecule has 0 saturated carbocycles. The molecular formula is C26H29N3O4S. The van der Waals surface area contributed by atoms with Gasteiger partial charge >= 0.3 is 0 Å². The molecule has 0 spiro atoms. The Kier molecular flexibility index (Phi) is 7.41. The van der Waals surface area contributed by atoms with Gasteiger partial charge in [0.05, 0.1) is 11.4 Å². The first-order valence-corrected chi connectivity index (χ1v) is 12.3. The highest BCUT2D eigenvalue weighted by Gasteiger charge is 2.16. The molecule has 0 unspecified atom stereocenters. The Morgan fingerprint density at radius 1 is 0.765 bits per heavy atom. The lowest BCUT2D eigenvalue weighted by atomic mass is 10.1. The van der Waals surface area contributed by atoms with Crippen molar-refractivity contribution >= 4 is 33.2 Å². The number of anilines is 2. The summed E-state index contributed by atoms with van der Waals surface area (Å²) >= 11 is 0. The molecule has 0 saturated heterocycles. The fraction of sp³-hybridized carbons (Fsp3) is 0.231. The van der Waals surface area contributed by atoms with Gasteiger partial charge in [0.15, 0.2) is 0 Å². The van der Waals surface area contributed by atoms with Crippen LogP contribution in [-0.2, 0) is 14.8 Å². The van der Waals surface area contributed by atoms with Gasteiger partial charge in [-0.05, 0) is 93.3 Å².